The number of likely N-dealkylation sites (N-methyl/N-ethyl adjacent to an activating group) is 1. The Morgan fingerprint density at radius 1 is 1.10 bits per heavy atom. The van der Waals surface area contributed by atoms with Gasteiger partial charge in [0.1, 0.15) is 6.29 Å². The molecule has 0 fully saturated rings. The molecule has 2 rings (SSSR count). The van der Waals surface area contributed by atoms with Crippen LogP contribution >= 0.6 is 11.6 Å². The molecule has 0 N–H and O–H groups in total. The Bertz CT molecular complexity index is 599. The second-order valence-corrected chi connectivity index (χ2v) is 6.07. The van der Waals surface area contributed by atoms with Crippen molar-refractivity contribution in [3.8, 4) is 0 Å². The zero-order valence-electron chi connectivity index (χ0n) is 12.4. The highest BCUT2D eigenvalue weighted by atomic mass is 35.5. The highest BCUT2D eigenvalue weighted by Crippen LogP contribution is 2.24. The molecule has 2 aromatic rings. The van der Waals surface area contributed by atoms with E-state index < -0.39 is 5.41 Å². The first-order valence-corrected chi connectivity index (χ1v) is 7.37. The van der Waals surface area contributed by atoms with Crippen molar-refractivity contribution >= 4 is 17.9 Å². The normalized spacial score (nSPS) is 13.9. The lowest BCUT2D eigenvalue weighted by molar-refractivity contribution is -0.112. The van der Waals surface area contributed by atoms with Crippen LogP contribution in [0.1, 0.15) is 18.1 Å². The van der Waals surface area contributed by atoms with E-state index in [1.165, 1.54) is 0 Å². The first kappa shape index (κ1) is 15.7. The number of carbonyl (C=O) groups is 1. The molecule has 2 aromatic carbocycles. The maximum atomic E-state index is 11.6. The number of hydrogen-bond donors (Lipinski definition) is 0. The van der Waals surface area contributed by atoms with Gasteiger partial charge >= 0.3 is 0 Å². The smallest absolute Gasteiger partial charge is 0.131 e. The van der Waals surface area contributed by atoms with Crippen LogP contribution in [0.25, 0.3) is 0 Å². The summed E-state index contributed by atoms with van der Waals surface area (Å²) in [5.41, 5.74) is 1.59. The molecule has 0 saturated carbocycles. The summed E-state index contributed by atoms with van der Waals surface area (Å²) in [6, 6.07) is 17.7. The van der Waals surface area contributed by atoms with Gasteiger partial charge in [0.25, 0.3) is 0 Å². The van der Waals surface area contributed by atoms with Gasteiger partial charge in [-0.25, -0.2) is 0 Å². The van der Waals surface area contributed by atoms with Gasteiger partial charge in [-0.3, -0.25) is 0 Å². The quantitative estimate of drug-likeness (QED) is 0.754. The third kappa shape index (κ3) is 3.93. The van der Waals surface area contributed by atoms with Crippen molar-refractivity contribution in [2.24, 2.45) is 0 Å². The van der Waals surface area contributed by atoms with Crippen LogP contribution in [0.5, 0.6) is 0 Å². The molecule has 0 bridgehead atoms. The predicted molar refractivity (Wildman–Crippen MR) is 87.6 cm³/mol. The molecular weight excluding hydrogens is 282 g/mol. The van der Waals surface area contributed by atoms with Gasteiger partial charge in [0.05, 0.1) is 5.41 Å². The Labute approximate surface area is 131 Å². The molecule has 1 unspecified atom stereocenters. The molecule has 0 amide bonds. The maximum absolute atomic E-state index is 11.6. The summed E-state index contributed by atoms with van der Waals surface area (Å²) in [4.78, 5) is 13.8. The molecule has 0 spiro atoms. The van der Waals surface area contributed by atoms with Crippen LogP contribution in [0.4, 0.5) is 0 Å². The first-order valence-electron chi connectivity index (χ1n) is 6.99. The van der Waals surface area contributed by atoms with E-state index in [1.807, 2.05) is 68.6 Å². The summed E-state index contributed by atoms with van der Waals surface area (Å²) >= 11 is 6.19. The van der Waals surface area contributed by atoms with Crippen LogP contribution in [0.2, 0.25) is 5.02 Å². The van der Waals surface area contributed by atoms with Gasteiger partial charge in [0.2, 0.25) is 0 Å². The number of rotatable bonds is 6. The Balaban J connectivity index is 2.12. The molecule has 21 heavy (non-hydrogen) atoms. The average molecular weight is 302 g/mol. The van der Waals surface area contributed by atoms with E-state index in [2.05, 4.69) is 4.90 Å². The fourth-order valence-corrected chi connectivity index (χ4v) is 2.75. The number of aldehydes is 1. The number of nitrogens with zero attached hydrogens (tertiary/aromatic N) is 1. The lowest BCUT2D eigenvalue weighted by atomic mass is 9.83. The minimum Gasteiger partial charge on any atom is -0.302 e. The zero-order chi connectivity index (χ0) is 15.3. The Hall–Kier alpha value is -1.64. The van der Waals surface area contributed by atoms with Gasteiger partial charge in [-0.05, 0) is 31.2 Å². The van der Waals surface area contributed by atoms with Gasteiger partial charge in [0.15, 0.2) is 0 Å². The Kier molecular flexibility index (Phi) is 5.16. The summed E-state index contributed by atoms with van der Waals surface area (Å²) in [6.45, 7) is 3.33. The third-order valence-electron chi connectivity index (χ3n) is 3.69. The minimum absolute atomic E-state index is 0.517. The second kappa shape index (κ2) is 6.88. The Morgan fingerprint density at radius 2 is 1.71 bits per heavy atom. The monoisotopic (exact) mass is 301 g/mol. The summed E-state index contributed by atoms with van der Waals surface area (Å²) in [7, 11) is 2.01. The van der Waals surface area contributed by atoms with E-state index >= 15 is 0 Å². The lowest BCUT2D eigenvalue weighted by Gasteiger charge is -2.29. The second-order valence-electron chi connectivity index (χ2n) is 5.67. The predicted octanol–water partition coefficient (Wildman–Crippen LogP) is 3.93. The third-order valence-corrected chi connectivity index (χ3v) is 4.06. The first-order chi connectivity index (χ1) is 10.0. The molecule has 0 aliphatic carbocycles. The number of hydrogen-bond acceptors (Lipinski definition) is 2. The van der Waals surface area contributed by atoms with Crippen molar-refractivity contribution in [2.45, 2.75) is 18.9 Å². The average Bonchev–Trinajstić information content (AvgIpc) is 2.50. The topological polar surface area (TPSA) is 20.3 Å². The zero-order valence-corrected chi connectivity index (χ0v) is 13.2. The molecule has 0 radical (unpaired) electrons. The van der Waals surface area contributed by atoms with Crippen molar-refractivity contribution in [3.05, 3.63) is 70.7 Å². The molecule has 0 aliphatic rings. The molecular formula is C18H20ClNO. The lowest BCUT2D eigenvalue weighted by Crippen LogP contribution is -2.38. The standard InChI is InChI=1S/C18H20ClNO/c1-18(14-21,16-9-4-3-5-10-16)13-20(2)12-15-8-6-7-11-17(15)19/h3-11,14H,12-13H2,1-2H3. The highest BCUT2D eigenvalue weighted by Gasteiger charge is 2.27. The molecule has 2 nitrogen and oxygen atoms in total. The summed E-state index contributed by atoms with van der Waals surface area (Å²) in [6.07, 6.45) is 1.03. The molecule has 3 heteroatoms. The summed E-state index contributed by atoms with van der Waals surface area (Å²) in [5, 5.41) is 0.761. The summed E-state index contributed by atoms with van der Waals surface area (Å²) < 4.78 is 0. The van der Waals surface area contributed by atoms with E-state index in [0.29, 0.717) is 6.54 Å². The van der Waals surface area contributed by atoms with Crippen molar-refractivity contribution < 1.29 is 4.79 Å². The van der Waals surface area contributed by atoms with Crippen molar-refractivity contribution in [2.75, 3.05) is 13.6 Å². The largest absolute Gasteiger partial charge is 0.302 e. The fourth-order valence-electron chi connectivity index (χ4n) is 2.55. The number of carbonyl (C=O) groups excluding carboxylic acids is 1. The van der Waals surface area contributed by atoms with E-state index in [-0.39, 0.29) is 0 Å². The van der Waals surface area contributed by atoms with E-state index in [0.717, 1.165) is 29.0 Å². The van der Waals surface area contributed by atoms with Crippen LogP contribution in [0.15, 0.2) is 54.6 Å². The number of benzene rings is 2. The van der Waals surface area contributed by atoms with Crippen molar-refractivity contribution in [1.82, 2.24) is 4.90 Å². The van der Waals surface area contributed by atoms with E-state index in [9.17, 15) is 4.79 Å². The Morgan fingerprint density at radius 3 is 2.33 bits per heavy atom. The van der Waals surface area contributed by atoms with Gasteiger partial charge < -0.3 is 9.69 Å². The maximum Gasteiger partial charge on any atom is 0.131 e. The molecule has 1 atom stereocenters. The number of halogens is 1. The fraction of sp³-hybridized carbons (Fsp3) is 0.278. The van der Waals surface area contributed by atoms with Crippen LogP contribution in [-0.4, -0.2) is 24.8 Å². The van der Waals surface area contributed by atoms with Crippen molar-refractivity contribution in [1.29, 1.82) is 0 Å². The molecule has 110 valence electrons. The van der Waals surface area contributed by atoms with Crippen LogP contribution in [0, 0.1) is 0 Å². The summed E-state index contributed by atoms with van der Waals surface area (Å²) in [5.74, 6) is 0. The van der Waals surface area contributed by atoms with Crippen LogP contribution in [0.3, 0.4) is 0 Å². The van der Waals surface area contributed by atoms with E-state index in [4.69, 9.17) is 11.6 Å². The van der Waals surface area contributed by atoms with Crippen LogP contribution in [-0.2, 0) is 16.8 Å². The minimum atomic E-state index is -0.517. The van der Waals surface area contributed by atoms with Gasteiger partial charge in [-0.15, -0.1) is 0 Å². The van der Waals surface area contributed by atoms with Gasteiger partial charge in [-0.2, -0.15) is 0 Å². The molecule has 0 saturated heterocycles. The molecule has 0 aromatic heterocycles. The highest BCUT2D eigenvalue weighted by molar-refractivity contribution is 6.31. The SMILES string of the molecule is CN(Cc1ccccc1Cl)CC(C)(C=O)c1ccccc1. The van der Waals surface area contributed by atoms with Crippen molar-refractivity contribution in [3.63, 3.8) is 0 Å². The van der Waals surface area contributed by atoms with Gasteiger partial charge in [-0.1, -0.05) is 60.1 Å². The van der Waals surface area contributed by atoms with Crippen LogP contribution < -0.4 is 0 Å². The molecule has 0 heterocycles. The van der Waals surface area contributed by atoms with Gasteiger partial charge in [0, 0.05) is 18.1 Å². The molecule has 0 aliphatic heterocycles. The van der Waals surface area contributed by atoms with E-state index in [1.54, 1.807) is 0 Å².